The van der Waals surface area contributed by atoms with Gasteiger partial charge in [-0.15, -0.1) is 0 Å². The molecule has 6 fully saturated rings. The highest BCUT2D eigenvalue weighted by molar-refractivity contribution is 5.84. The van der Waals surface area contributed by atoms with Crippen molar-refractivity contribution in [3.8, 4) is 0 Å². The van der Waals surface area contributed by atoms with E-state index in [2.05, 4.69) is 41.5 Å². The van der Waals surface area contributed by atoms with Gasteiger partial charge in [0.15, 0.2) is 0 Å². The fraction of sp³-hybridized carbons (Fsp3) is 0.900. The Morgan fingerprint density at radius 2 is 1.45 bits per heavy atom. The van der Waals surface area contributed by atoms with E-state index in [1.54, 1.807) is 0 Å². The third kappa shape index (κ3) is 2.12. The second-order valence-corrected chi connectivity index (χ2v) is 9.68. The van der Waals surface area contributed by atoms with Gasteiger partial charge in [-0.05, 0) is 47.3 Å². The van der Waals surface area contributed by atoms with Gasteiger partial charge in [-0.3, -0.25) is 9.59 Å². The second-order valence-electron chi connectivity index (χ2n) is 9.68. The molecule has 124 valence electrons. The summed E-state index contributed by atoms with van der Waals surface area (Å²) >= 11 is 0. The Morgan fingerprint density at radius 1 is 0.818 bits per heavy atom. The molecule has 0 aromatic heterocycles. The van der Waals surface area contributed by atoms with E-state index in [1.807, 2.05) is 0 Å². The van der Waals surface area contributed by atoms with E-state index in [4.69, 9.17) is 0 Å². The van der Waals surface area contributed by atoms with Crippen molar-refractivity contribution in [3.05, 3.63) is 0 Å². The first-order valence-corrected chi connectivity index (χ1v) is 9.12. The lowest BCUT2D eigenvalue weighted by atomic mass is 9.45. The SMILES string of the molecule is CC1C(=O)CC2CC1C2(C)C.CC1CC(=O)C2CC1C2(C)C. The van der Waals surface area contributed by atoms with Gasteiger partial charge in [0.1, 0.15) is 11.6 Å². The van der Waals surface area contributed by atoms with Gasteiger partial charge in [0.05, 0.1) is 0 Å². The van der Waals surface area contributed by atoms with Gasteiger partial charge in [-0.2, -0.15) is 0 Å². The number of hydrogen-bond donors (Lipinski definition) is 0. The molecule has 0 aromatic rings. The molecule has 0 radical (unpaired) electrons. The predicted octanol–water partition coefficient (Wildman–Crippen LogP) is 4.52. The van der Waals surface area contributed by atoms with Crippen LogP contribution in [-0.2, 0) is 9.59 Å². The molecule has 22 heavy (non-hydrogen) atoms. The molecule has 0 N–H and O–H groups in total. The minimum atomic E-state index is 0.328. The van der Waals surface area contributed by atoms with E-state index in [0.717, 1.165) is 18.8 Å². The average Bonchev–Trinajstić information content (AvgIpc) is 2.40. The normalized spacial score (nSPS) is 46.8. The summed E-state index contributed by atoms with van der Waals surface area (Å²) in [5.41, 5.74) is 0.794. The minimum Gasteiger partial charge on any atom is -0.299 e. The largest absolute Gasteiger partial charge is 0.299 e. The average molecular weight is 304 g/mol. The lowest BCUT2D eigenvalue weighted by Crippen LogP contribution is -2.56. The van der Waals surface area contributed by atoms with Gasteiger partial charge in [-0.1, -0.05) is 41.5 Å². The standard InChI is InChI=1S/2C10H16O/c1-6-8-4-7(5-9(6)11)10(8,2)3;1-6-4-9(11)8-5-7(6)10(8,2)3/h2*6-8H,4-5H2,1-3H3. The lowest BCUT2D eigenvalue weighted by Gasteiger charge is -2.58. The summed E-state index contributed by atoms with van der Waals surface area (Å²) < 4.78 is 0. The van der Waals surface area contributed by atoms with Crippen molar-refractivity contribution >= 4 is 11.6 Å². The number of carbonyl (C=O) groups is 2. The Labute approximate surface area is 135 Å². The second kappa shape index (κ2) is 4.92. The quantitative estimate of drug-likeness (QED) is 0.659. The smallest absolute Gasteiger partial charge is 0.136 e. The first kappa shape index (κ1) is 16.2. The van der Waals surface area contributed by atoms with E-state index < -0.39 is 0 Å². The van der Waals surface area contributed by atoms with Crippen LogP contribution in [0.25, 0.3) is 0 Å². The van der Waals surface area contributed by atoms with E-state index in [9.17, 15) is 9.59 Å². The number of hydrogen-bond acceptors (Lipinski definition) is 2. The van der Waals surface area contributed by atoms with Crippen LogP contribution in [0.1, 0.15) is 67.2 Å². The molecule has 6 unspecified atom stereocenters. The van der Waals surface area contributed by atoms with Crippen LogP contribution in [0.3, 0.4) is 0 Å². The van der Waals surface area contributed by atoms with Gasteiger partial charge < -0.3 is 0 Å². The third-order valence-corrected chi connectivity index (χ3v) is 8.05. The molecule has 0 saturated heterocycles. The first-order valence-electron chi connectivity index (χ1n) is 9.12. The number of Topliss-reactive ketones (excluding diaryl/α,β-unsaturated/α-hetero) is 2. The van der Waals surface area contributed by atoms with Crippen LogP contribution in [0.2, 0.25) is 0 Å². The van der Waals surface area contributed by atoms with Crippen LogP contribution in [0.4, 0.5) is 0 Å². The maximum atomic E-state index is 11.5. The fourth-order valence-electron chi connectivity index (χ4n) is 5.98. The molecule has 0 aromatic carbocycles. The predicted molar refractivity (Wildman–Crippen MR) is 88.3 cm³/mol. The molecule has 6 saturated carbocycles. The molecule has 0 spiro atoms. The molecule has 6 atom stereocenters. The summed E-state index contributed by atoms with van der Waals surface area (Å²) in [6.45, 7) is 13.5. The highest BCUT2D eigenvalue weighted by Gasteiger charge is 2.57. The Balaban J connectivity index is 0.000000131. The molecule has 6 aliphatic carbocycles. The zero-order valence-corrected chi connectivity index (χ0v) is 15.1. The Hall–Kier alpha value is -0.660. The Morgan fingerprint density at radius 3 is 1.82 bits per heavy atom. The zero-order chi connectivity index (χ0) is 16.4. The molecule has 2 heteroatoms. The van der Waals surface area contributed by atoms with Crippen LogP contribution in [0, 0.1) is 46.3 Å². The molecule has 4 bridgehead atoms. The van der Waals surface area contributed by atoms with Gasteiger partial charge in [0, 0.05) is 24.7 Å². The third-order valence-electron chi connectivity index (χ3n) is 8.05. The van der Waals surface area contributed by atoms with Crippen molar-refractivity contribution in [2.45, 2.75) is 67.2 Å². The van der Waals surface area contributed by atoms with Crippen LogP contribution in [0.15, 0.2) is 0 Å². The molecular formula is C20H32O2. The van der Waals surface area contributed by atoms with Crippen LogP contribution >= 0.6 is 0 Å². The molecule has 0 amide bonds. The Bertz CT molecular complexity index is 502. The van der Waals surface area contributed by atoms with Gasteiger partial charge in [-0.25, -0.2) is 0 Å². The Kier molecular flexibility index (Phi) is 3.62. The fourth-order valence-corrected chi connectivity index (χ4v) is 5.98. The molecule has 6 rings (SSSR count). The van der Waals surface area contributed by atoms with Crippen molar-refractivity contribution < 1.29 is 9.59 Å². The topological polar surface area (TPSA) is 34.1 Å². The molecule has 0 heterocycles. The van der Waals surface area contributed by atoms with Crippen LogP contribution in [-0.4, -0.2) is 11.6 Å². The van der Waals surface area contributed by atoms with E-state index in [0.29, 0.717) is 52.0 Å². The minimum absolute atomic E-state index is 0.328. The number of rotatable bonds is 0. The van der Waals surface area contributed by atoms with Crippen LogP contribution < -0.4 is 0 Å². The van der Waals surface area contributed by atoms with Crippen molar-refractivity contribution in [2.24, 2.45) is 46.3 Å². The highest BCUT2D eigenvalue weighted by atomic mass is 16.1. The monoisotopic (exact) mass is 304 g/mol. The number of fused-ring (bicyclic) bond motifs is 4. The molecule has 6 aliphatic rings. The molecule has 0 aliphatic heterocycles. The summed E-state index contributed by atoms with van der Waals surface area (Å²) in [6, 6.07) is 0. The summed E-state index contributed by atoms with van der Waals surface area (Å²) in [5.74, 6) is 4.63. The van der Waals surface area contributed by atoms with Crippen molar-refractivity contribution in [1.29, 1.82) is 0 Å². The summed E-state index contributed by atoms with van der Waals surface area (Å²) in [7, 11) is 0. The first-order chi connectivity index (χ1) is 10.1. The van der Waals surface area contributed by atoms with E-state index in [1.165, 1.54) is 12.8 Å². The highest BCUT2D eigenvalue weighted by Crippen LogP contribution is 2.60. The van der Waals surface area contributed by atoms with Crippen molar-refractivity contribution in [1.82, 2.24) is 0 Å². The maximum Gasteiger partial charge on any atom is 0.136 e. The van der Waals surface area contributed by atoms with E-state index in [-0.39, 0.29) is 0 Å². The summed E-state index contributed by atoms with van der Waals surface area (Å²) in [4.78, 5) is 22.8. The van der Waals surface area contributed by atoms with Gasteiger partial charge >= 0.3 is 0 Å². The lowest BCUT2D eigenvalue weighted by molar-refractivity contribution is -0.156. The van der Waals surface area contributed by atoms with Crippen molar-refractivity contribution in [3.63, 3.8) is 0 Å². The van der Waals surface area contributed by atoms with Gasteiger partial charge in [0.25, 0.3) is 0 Å². The summed E-state index contributed by atoms with van der Waals surface area (Å²) in [5, 5.41) is 0. The molecule has 2 nitrogen and oxygen atoms in total. The van der Waals surface area contributed by atoms with Gasteiger partial charge in [0.2, 0.25) is 0 Å². The maximum absolute atomic E-state index is 11.5. The summed E-state index contributed by atoms with van der Waals surface area (Å²) in [6.07, 6.45) is 4.18. The molecular weight excluding hydrogens is 272 g/mol. The number of ketones is 2. The zero-order valence-electron chi connectivity index (χ0n) is 15.1. The number of carbonyl (C=O) groups excluding carboxylic acids is 2. The van der Waals surface area contributed by atoms with E-state index >= 15 is 0 Å². The van der Waals surface area contributed by atoms with Crippen molar-refractivity contribution in [2.75, 3.05) is 0 Å². The van der Waals surface area contributed by atoms with Crippen LogP contribution in [0.5, 0.6) is 0 Å².